The molecule has 2 aromatic heterocycles. The van der Waals surface area contributed by atoms with E-state index in [1.807, 2.05) is 29.5 Å². The molecule has 9 nitrogen and oxygen atoms in total. The molecular weight excluding hydrogens is 394 g/mol. The first kappa shape index (κ1) is 22.0. The number of methoxy groups -OCH3 is 1. The highest BCUT2D eigenvalue weighted by Gasteiger charge is 2.48. The molecular formula is C22H35N7O2. The molecule has 170 valence electrons. The summed E-state index contributed by atoms with van der Waals surface area (Å²) in [4.78, 5) is 17.7. The van der Waals surface area contributed by atoms with Crippen LogP contribution in [0.5, 0.6) is 0 Å². The Hall–Kier alpha value is -2.26. The minimum absolute atomic E-state index is 0.0837. The molecule has 0 spiro atoms. The lowest BCUT2D eigenvalue weighted by atomic mass is 9.95. The van der Waals surface area contributed by atoms with Crippen molar-refractivity contribution in [1.29, 1.82) is 0 Å². The van der Waals surface area contributed by atoms with Crippen molar-refractivity contribution >= 4 is 5.91 Å². The molecule has 0 radical (unpaired) electrons. The maximum absolute atomic E-state index is 13.5. The number of ether oxygens (including phenoxy) is 1. The Morgan fingerprint density at radius 1 is 1.29 bits per heavy atom. The van der Waals surface area contributed by atoms with Crippen LogP contribution >= 0.6 is 0 Å². The molecule has 1 saturated heterocycles. The van der Waals surface area contributed by atoms with Crippen molar-refractivity contribution in [2.75, 3.05) is 40.9 Å². The summed E-state index contributed by atoms with van der Waals surface area (Å²) < 4.78 is 9.43. The minimum atomic E-state index is -0.372. The number of likely N-dealkylation sites (tertiary alicyclic amines) is 1. The highest BCUT2D eigenvalue weighted by Crippen LogP contribution is 2.39. The second-order valence-corrected chi connectivity index (χ2v) is 9.22. The van der Waals surface area contributed by atoms with Crippen LogP contribution in [0.25, 0.3) is 0 Å². The number of aryl methyl sites for hydroxylation is 1. The highest BCUT2D eigenvalue weighted by molar-refractivity contribution is 5.96. The van der Waals surface area contributed by atoms with Gasteiger partial charge in [0.25, 0.3) is 5.91 Å². The van der Waals surface area contributed by atoms with Crippen molar-refractivity contribution in [3.05, 3.63) is 28.8 Å². The van der Waals surface area contributed by atoms with E-state index >= 15 is 0 Å². The number of carbonyl (C=O) groups is 1. The third kappa shape index (κ3) is 3.78. The predicted octanol–water partition coefficient (Wildman–Crippen LogP) is 2.16. The molecule has 9 heteroatoms. The molecule has 1 saturated carbocycles. The molecule has 31 heavy (non-hydrogen) atoms. The average molecular weight is 430 g/mol. The normalized spacial score (nSPS) is 22.2. The Labute approximate surface area is 184 Å². The average Bonchev–Trinajstić information content (AvgIpc) is 3.52. The maximum atomic E-state index is 13.5. The smallest absolute Gasteiger partial charge is 0.255 e. The van der Waals surface area contributed by atoms with Crippen molar-refractivity contribution < 1.29 is 9.53 Å². The number of rotatable bonds is 7. The Bertz CT molecular complexity index is 928. The summed E-state index contributed by atoms with van der Waals surface area (Å²) >= 11 is 0. The number of tetrazole rings is 1. The van der Waals surface area contributed by atoms with E-state index in [0.717, 1.165) is 48.6 Å². The van der Waals surface area contributed by atoms with Crippen molar-refractivity contribution in [3.8, 4) is 0 Å². The molecule has 0 bridgehead atoms. The molecule has 1 amide bonds. The van der Waals surface area contributed by atoms with Gasteiger partial charge in [-0.05, 0) is 63.7 Å². The third-order valence-electron chi connectivity index (χ3n) is 7.29. The fourth-order valence-electron chi connectivity index (χ4n) is 5.32. The van der Waals surface area contributed by atoms with E-state index < -0.39 is 0 Å². The third-order valence-corrected chi connectivity index (χ3v) is 7.29. The van der Waals surface area contributed by atoms with Gasteiger partial charge < -0.3 is 14.2 Å². The lowest BCUT2D eigenvalue weighted by Gasteiger charge is -2.35. The number of hydrogen-bond donors (Lipinski definition) is 0. The summed E-state index contributed by atoms with van der Waals surface area (Å²) in [7, 11) is 5.83. The van der Waals surface area contributed by atoms with E-state index in [4.69, 9.17) is 4.74 Å². The van der Waals surface area contributed by atoms with Crippen molar-refractivity contribution in [1.82, 2.24) is 34.6 Å². The molecule has 1 aliphatic heterocycles. The van der Waals surface area contributed by atoms with E-state index in [2.05, 4.69) is 39.1 Å². The molecule has 4 rings (SSSR count). The van der Waals surface area contributed by atoms with Crippen LogP contribution < -0.4 is 0 Å². The van der Waals surface area contributed by atoms with Gasteiger partial charge in [-0.15, -0.1) is 5.10 Å². The zero-order valence-corrected chi connectivity index (χ0v) is 19.5. The van der Waals surface area contributed by atoms with Crippen LogP contribution in [0.15, 0.2) is 6.07 Å². The monoisotopic (exact) mass is 429 g/mol. The van der Waals surface area contributed by atoms with Gasteiger partial charge in [0.1, 0.15) is 5.54 Å². The van der Waals surface area contributed by atoms with E-state index in [1.165, 1.54) is 12.8 Å². The zero-order valence-electron chi connectivity index (χ0n) is 19.5. The summed E-state index contributed by atoms with van der Waals surface area (Å²) in [6.45, 7) is 6.72. The summed E-state index contributed by atoms with van der Waals surface area (Å²) in [5.41, 5.74) is 2.49. The summed E-state index contributed by atoms with van der Waals surface area (Å²) in [5, 5.41) is 12.9. The molecule has 2 fully saturated rings. The first-order valence-electron chi connectivity index (χ1n) is 11.3. The maximum Gasteiger partial charge on any atom is 0.255 e. The zero-order chi connectivity index (χ0) is 22.2. The summed E-state index contributed by atoms with van der Waals surface area (Å²) in [6, 6.07) is 2.37. The standard InChI is InChI=1S/C22H35N7O2/c1-16-14-19(17(2)28(16)12-13-31-5)20(30)27-11-10-22(15-27,26(3)4)21-23-24-25-29(21)18-8-6-7-9-18/h14,18H,6-13,15H2,1-5H3. The van der Waals surface area contributed by atoms with Crippen LogP contribution in [0.4, 0.5) is 0 Å². The lowest BCUT2D eigenvalue weighted by Crippen LogP contribution is -2.47. The van der Waals surface area contributed by atoms with Gasteiger partial charge in [-0.25, -0.2) is 4.68 Å². The van der Waals surface area contributed by atoms with Gasteiger partial charge in [0.2, 0.25) is 0 Å². The van der Waals surface area contributed by atoms with Gasteiger partial charge in [-0.2, -0.15) is 0 Å². The van der Waals surface area contributed by atoms with E-state index in [-0.39, 0.29) is 11.4 Å². The fraction of sp³-hybridized carbons (Fsp3) is 0.727. The molecule has 2 aliphatic rings. The van der Waals surface area contributed by atoms with Gasteiger partial charge >= 0.3 is 0 Å². The van der Waals surface area contributed by atoms with Gasteiger partial charge in [0.05, 0.1) is 18.2 Å². The van der Waals surface area contributed by atoms with Gasteiger partial charge in [-0.3, -0.25) is 9.69 Å². The highest BCUT2D eigenvalue weighted by atomic mass is 16.5. The van der Waals surface area contributed by atoms with Gasteiger partial charge in [0.15, 0.2) is 5.82 Å². The topological polar surface area (TPSA) is 81.3 Å². The molecule has 3 heterocycles. The Morgan fingerprint density at radius 2 is 2.03 bits per heavy atom. The number of hydrogen-bond acceptors (Lipinski definition) is 6. The quantitative estimate of drug-likeness (QED) is 0.671. The SMILES string of the molecule is COCCn1c(C)cc(C(=O)N2CCC(c3nnnn3C3CCCC3)(N(C)C)C2)c1C. The summed E-state index contributed by atoms with van der Waals surface area (Å²) in [5.74, 6) is 0.977. The number of likely N-dealkylation sites (N-methyl/N-ethyl adjacent to an activating group) is 1. The summed E-state index contributed by atoms with van der Waals surface area (Å²) in [6.07, 6.45) is 5.51. The van der Waals surface area contributed by atoms with Crippen molar-refractivity contribution in [2.24, 2.45) is 0 Å². The van der Waals surface area contributed by atoms with Crippen molar-refractivity contribution in [3.63, 3.8) is 0 Å². The number of carbonyl (C=O) groups excluding carboxylic acids is 1. The van der Waals surface area contributed by atoms with Crippen LogP contribution in [0.2, 0.25) is 0 Å². The Balaban J connectivity index is 1.60. The minimum Gasteiger partial charge on any atom is -0.383 e. The van der Waals surface area contributed by atoms with E-state index in [0.29, 0.717) is 25.7 Å². The lowest BCUT2D eigenvalue weighted by molar-refractivity contribution is 0.0736. The number of aromatic nitrogens is 5. The molecule has 2 aromatic rings. The largest absolute Gasteiger partial charge is 0.383 e. The van der Waals surface area contributed by atoms with Crippen LogP contribution in [-0.4, -0.2) is 81.4 Å². The van der Waals surface area contributed by atoms with Gasteiger partial charge in [0, 0.05) is 38.1 Å². The molecule has 0 aromatic carbocycles. The van der Waals surface area contributed by atoms with E-state index in [9.17, 15) is 4.79 Å². The molecule has 1 atom stereocenters. The van der Waals surface area contributed by atoms with E-state index in [1.54, 1.807) is 7.11 Å². The number of nitrogens with zero attached hydrogens (tertiary/aromatic N) is 7. The van der Waals surface area contributed by atoms with Gasteiger partial charge in [-0.1, -0.05) is 12.8 Å². The second-order valence-electron chi connectivity index (χ2n) is 9.22. The molecule has 0 N–H and O–H groups in total. The first-order valence-corrected chi connectivity index (χ1v) is 11.3. The van der Waals surface area contributed by atoms with Crippen LogP contribution in [0.1, 0.15) is 65.7 Å². The Kier molecular flexibility index (Phi) is 6.16. The van der Waals surface area contributed by atoms with Crippen LogP contribution in [0.3, 0.4) is 0 Å². The molecule has 1 aliphatic carbocycles. The molecule has 1 unspecified atom stereocenters. The first-order chi connectivity index (χ1) is 14.9. The van der Waals surface area contributed by atoms with Crippen LogP contribution in [0, 0.1) is 13.8 Å². The van der Waals surface area contributed by atoms with Crippen LogP contribution in [-0.2, 0) is 16.8 Å². The Morgan fingerprint density at radius 3 is 2.71 bits per heavy atom. The number of amides is 1. The predicted molar refractivity (Wildman–Crippen MR) is 117 cm³/mol. The second kappa shape index (κ2) is 8.70. The fourth-order valence-corrected chi connectivity index (χ4v) is 5.32. The van der Waals surface area contributed by atoms with Crippen molar-refractivity contribution in [2.45, 2.75) is 64.1 Å².